The number of piperidine rings is 1. The Morgan fingerprint density at radius 1 is 1.45 bits per heavy atom. The molecule has 0 aliphatic carbocycles. The molecule has 0 saturated carbocycles. The number of H-pyrrole nitrogens is 1. The van der Waals surface area contributed by atoms with Crippen molar-refractivity contribution in [2.75, 3.05) is 25.9 Å². The summed E-state index contributed by atoms with van der Waals surface area (Å²) in [6.07, 6.45) is 1.61. The van der Waals surface area contributed by atoms with Gasteiger partial charge in [0.1, 0.15) is 11.5 Å². The maximum atomic E-state index is 13.1. The largest absolute Gasteiger partial charge is 0.359 e. The third kappa shape index (κ3) is 4.93. The van der Waals surface area contributed by atoms with E-state index in [2.05, 4.69) is 20.3 Å². The van der Waals surface area contributed by atoms with Crippen molar-refractivity contribution < 1.29 is 17.6 Å². The Kier molecular flexibility index (Phi) is 6.55. The second-order valence-corrected chi connectivity index (χ2v) is 9.57. The van der Waals surface area contributed by atoms with Crippen molar-refractivity contribution in [2.24, 2.45) is 5.92 Å². The molecule has 2 aromatic heterocycles. The number of aromatic amines is 1. The zero-order valence-electron chi connectivity index (χ0n) is 16.2. The number of rotatable bonds is 6. The number of amides is 1. The van der Waals surface area contributed by atoms with Gasteiger partial charge < -0.3 is 10.3 Å². The predicted molar refractivity (Wildman–Crippen MR) is 107 cm³/mol. The van der Waals surface area contributed by atoms with Gasteiger partial charge in [-0.15, -0.1) is 0 Å². The lowest BCUT2D eigenvalue weighted by Crippen LogP contribution is -2.43. The Morgan fingerprint density at radius 3 is 2.83 bits per heavy atom. The van der Waals surface area contributed by atoms with E-state index in [4.69, 9.17) is 11.6 Å². The Hall–Kier alpha value is -2.04. The number of carbonyl (C=O) groups excluding carboxylic acids is 1. The molecule has 2 atom stereocenters. The van der Waals surface area contributed by atoms with Crippen LogP contribution in [0.2, 0.25) is 5.15 Å². The lowest BCUT2D eigenvalue weighted by Gasteiger charge is -2.35. The summed E-state index contributed by atoms with van der Waals surface area (Å²) in [5.41, 5.74) is 1.20. The first kappa shape index (κ1) is 21.7. The fourth-order valence-corrected chi connectivity index (χ4v) is 5.33. The molecule has 0 aromatic carbocycles. The van der Waals surface area contributed by atoms with E-state index in [1.807, 2.05) is 6.92 Å². The molecule has 1 aliphatic rings. The van der Waals surface area contributed by atoms with Crippen molar-refractivity contribution in [3.63, 3.8) is 0 Å². The van der Waals surface area contributed by atoms with Gasteiger partial charge in [0.25, 0.3) is 0 Å². The maximum Gasteiger partial charge on any atom is 0.220 e. The zero-order valence-corrected chi connectivity index (χ0v) is 17.7. The van der Waals surface area contributed by atoms with Gasteiger partial charge in [0, 0.05) is 32.5 Å². The first-order chi connectivity index (χ1) is 13.7. The Bertz CT molecular complexity index is 980. The molecule has 158 valence electrons. The average molecular weight is 444 g/mol. The fraction of sp³-hybridized carbons (Fsp3) is 0.500. The molecule has 11 heteroatoms. The summed E-state index contributed by atoms with van der Waals surface area (Å²) in [5, 5.41) is 2.73. The lowest BCUT2D eigenvalue weighted by atomic mass is 9.86. The van der Waals surface area contributed by atoms with Gasteiger partial charge in [0.2, 0.25) is 15.9 Å². The van der Waals surface area contributed by atoms with E-state index in [1.165, 1.54) is 23.5 Å². The highest BCUT2D eigenvalue weighted by atomic mass is 35.5. The summed E-state index contributed by atoms with van der Waals surface area (Å²) in [6.45, 7) is 2.63. The van der Waals surface area contributed by atoms with Crippen LogP contribution in [0.15, 0.2) is 18.3 Å². The molecule has 1 fully saturated rings. The molecule has 3 heterocycles. The molecule has 29 heavy (non-hydrogen) atoms. The minimum atomic E-state index is -3.51. The third-order valence-corrected chi connectivity index (χ3v) is 7.28. The Morgan fingerprint density at radius 2 is 2.21 bits per heavy atom. The molecule has 0 radical (unpaired) electrons. The number of hydrogen-bond acceptors (Lipinski definition) is 5. The van der Waals surface area contributed by atoms with Crippen LogP contribution < -0.4 is 5.32 Å². The van der Waals surface area contributed by atoms with Gasteiger partial charge in [-0.05, 0) is 24.5 Å². The molecule has 3 rings (SSSR count). The number of halogens is 2. The number of carbonyl (C=O) groups is 1. The van der Waals surface area contributed by atoms with Crippen molar-refractivity contribution >= 4 is 27.5 Å². The SMILES string of the molecule is CNC(=O)CCS(=O)(=O)N1CC[C@H](c2[nH]c(-c3ccc(F)cn3)nc2Cl)[C@H](C)C1. The maximum absolute atomic E-state index is 13.1. The number of pyridine rings is 1. The first-order valence-corrected chi connectivity index (χ1v) is 11.3. The van der Waals surface area contributed by atoms with Gasteiger partial charge in [-0.3, -0.25) is 4.79 Å². The van der Waals surface area contributed by atoms with Gasteiger partial charge >= 0.3 is 0 Å². The fourth-order valence-electron chi connectivity index (χ4n) is 3.51. The second kappa shape index (κ2) is 8.76. The Labute approximate surface area is 173 Å². The van der Waals surface area contributed by atoms with Crippen LogP contribution in [0.1, 0.15) is 31.4 Å². The van der Waals surface area contributed by atoms with Crippen LogP contribution in [0.4, 0.5) is 4.39 Å². The molecule has 1 saturated heterocycles. The highest BCUT2D eigenvalue weighted by Crippen LogP contribution is 2.37. The quantitative estimate of drug-likeness (QED) is 0.711. The monoisotopic (exact) mass is 443 g/mol. The summed E-state index contributed by atoms with van der Waals surface area (Å²) < 4.78 is 39.6. The smallest absolute Gasteiger partial charge is 0.220 e. The first-order valence-electron chi connectivity index (χ1n) is 9.27. The van der Waals surface area contributed by atoms with Crippen LogP contribution in [0.25, 0.3) is 11.5 Å². The van der Waals surface area contributed by atoms with Crippen LogP contribution >= 0.6 is 11.6 Å². The summed E-state index contributed by atoms with van der Waals surface area (Å²) in [7, 11) is -2.03. The number of nitrogens with one attached hydrogen (secondary N) is 2. The number of hydrogen-bond donors (Lipinski definition) is 2. The minimum Gasteiger partial charge on any atom is -0.359 e. The molecule has 2 aromatic rings. The number of sulfonamides is 1. The molecule has 0 unspecified atom stereocenters. The van der Waals surface area contributed by atoms with Crippen molar-refractivity contribution in [1.29, 1.82) is 0 Å². The lowest BCUT2D eigenvalue weighted by molar-refractivity contribution is -0.120. The standard InChI is InChI=1S/C18H23ClFN5O3S/c1-11-10-25(29(27,28)8-6-15(26)21-2)7-5-13(11)16-17(19)24-18(23-16)14-4-3-12(20)9-22-14/h3-4,9,11,13H,5-8,10H2,1-2H3,(H,21,26)(H,23,24)/t11-,13+/m1/s1. The highest BCUT2D eigenvalue weighted by Gasteiger charge is 2.35. The molecular weight excluding hydrogens is 421 g/mol. The van der Waals surface area contributed by atoms with Crippen molar-refractivity contribution in [3.8, 4) is 11.5 Å². The third-order valence-electron chi connectivity index (χ3n) is 5.15. The van der Waals surface area contributed by atoms with Crippen LogP contribution in [0.3, 0.4) is 0 Å². The molecule has 1 amide bonds. The van der Waals surface area contributed by atoms with E-state index in [0.717, 1.165) is 11.9 Å². The summed E-state index contributed by atoms with van der Waals surface area (Å²) >= 11 is 6.33. The van der Waals surface area contributed by atoms with Crippen LogP contribution in [-0.2, 0) is 14.8 Å². The van der Waals surface area contributed by atoms with E-state index in [-0.39, 0.29) is 29.9 Å². The average Bonchev–Trinajstić information content (AvgIpc) is 3.08. The number of imidazole rings is 1. The second-order valence-electron chi connectivity index (χ2n) is 7.12. The Balaban J connectivity index is 1.71. The molecule has 0 bridgehead atoms. The van der Waals surface area contributed by atoms with E-state index in [0.29, 0.717) is 36.2 Å². The predicted octanol–water partition coefficient (Wildman–Crippen LogP) is 2.16. The van der Waals surface area contributed by atoms with Crippen LogP contribution in [-0.4, -0.2) is 59.5 Å². The van der Waals surface area contributed by atoms with Crippen LogP contribution in [0.5, 0.6) is 0 Å². The van der Waals surface area contributed by atoms with Gasteiger partial charge in [0.15, 0.2) is 11.0 Å². The van der Waals surface area contributed by atoms with Crippen molar-refractivity contribution in [2.45, 2.75) is 25.7 Å². The molecule has 2 N–H and O–H groups in total. The zero-order chi connectivity index (χ0) is 21.2. The van der Waals surface area contributed by atoms with Gasteiger partial charge in [-0.25, -0.2) is 27.1 Å². The molecular formula is C18H23ClFN5O3S. The van der Waals surface area contributed by atoms with Crippen molar-refractivity contribution in [3.05, 3.63) is 35.0 Å². The number of nitrogens with zero attached hydrogens (tertiary/aromatic N) is 3. The van der Waals surface area contributed by atoms with E-state index in [1.54, 1.807) is 0 Å². The van der Waals surface area contributed by atoms with Gasteiger partial charge in [-0.2, -0.15) is 0 Å². The van der Waals surface area contributed by atoms with E-state index in [9.17, 15) is 17.6 Å². The topological polar surface area (TPSA) is 108 Å². The molecule has 1 aliphatic heterocycles. The van der Waals surface area contributed by atoms with E-state index >= 15 is 0 Å². The van der Waals surface area contributed by atoms with Gasteiger partial charge in [-0.1, -0.05) is 18.5 Å². The number of aromatic nitrogens is 3. The summed E-state index contributed by atoms with van der Waals surface area (Å²) in [6, 6.07) is 2.81. The molecule has 8 nitrogen and oxygen atoms in total. The normalized spacial score (nSPS) is 20.6. The minimum absolute atomic E-state index is 0.00501. The van der Waals surface area contributed by atoms with Crippen LogP contribution in [0, 0.1) is 11.7 Å². The van der Waals surface area contributed by atoms with Gasteiger partial charge in [0.05, 0.1) is 17.6 Å². The summed E-state index contributed by atoms with van der Waals surface area (Å²) in [5.74, 6) is -0.527. The van der Waals surface area contributed by atoms with Crippen molar-refractivity contribution in [1.82, 2.24) is 24.6 Å². The van der Waals surface area contributed by atoms with E-state index < -0.39 is 15.8 Å². The summed E-state index contributed by atoms with van der Waals surface area (Å²) in [4.78, 5) is 22.8. The molecule has 0 spiro atoms. The highest BCUT2D eigenvalue weighted by molar-refractivity contribution is 7.89.